The van der Waals surface area contributed by atoms with Crippen LogP contribution in [0.2, 0.25) is 0 Å². The molecule has 0 saturated carbocycles. The normalized spacial score (nSPS) is 16.7. The summed E-state index contributed by atoms with van der Waals surface area (Å²) >= 11 is 0. The molecule has 1 N–H and O–H groups in total. The van der Waals surface area contributed by atoms with Crippen molar-refractivity contribution in [1.82, 2.24) is 9.78 Å². The van der Waals surface area contributed by atoms with Crippen LogP contribution in [0.3, 0.4) is 0 Å². The Kier molecular flexibility index (Phi) is 5.02. The Hall–Kier alpha value is -2.90. The maximum Gasteiger partial charge on any atom is 0.414 e. The van der Waals surface area contributed by atoms with Crippen molar-refractivity contribution in [2.24, 2.45) is 0 Å². The number of aromatic nitrogens is 2. The van der Waals surface area contributed by atoms with Gasteiger partial charge in [-0.2, -0.15) is 5.10 Å². The summed E-state index contributed by atoms with van der Waals surface area (Å²) in [7, 11) is 0. The lowest BCUT2D eigenvalue weighted by atomic mass is 9.99. The minimum absolute atomic E-state index is 0.0862. The van der Waals surface area contributed by atoms with Crippen LogP contribution >= 0.6 is 0 Å². The summed E-state index contributed by atoms with van der Waals surface area (Å²) in [6.07, 6.45) is 7.03. The summed E-state index contributed by atoms with van der Waals surface area (Å²) in [6, 6.07) is 2.26. The molecule has 4 rings (SSSR count). The number of hydrogen-bond acceptors (Lipinski definition) is 5. The number of hydrogen-bond donors (Lipinski definition) is 1. The lowest BCUT2D eigenvalue weighted by Gasteiger charge is -2.27. The summed E-state index contributed by atoms with van der Waals surface area (Å²) in [5.41, 5.74) is 3.70. The molecule has 154 valence electrons. The van der Waals surface area contributed by atoms with Crippen molar-refractivity contribution in [3.05, 3.63) is 46.5 Å². The third kappa shape index (κ3) is 3.47. The van der Waals surface area contributed by atoms with Gasteiger partial charge >= 0.3 is 17.8 Å². The van der Waals surface area contributed by atoms with E-state index in [1.807, 2.05) is 0 Å². The highest BCUT2D eigenvalue weighted by molar-refractivity contribution is 5.90. The fourth-order valence-corrected chi connectivity index (χ4v) is 4.26. The topological polar surface area (TPSA) is 82.5 Å². The molecule has 0 saturated heterocycles. The smallest absolute Gasteiger partial charge is 0.414 e. The average Bonchev–Trinajstić information content (AvgIpc) is 3.41. The van der Waals surface area contributed by atoms with Gasteiger partial charge in [-0.1, -0.05) is 6.07 Å². The zero-order valence-corrected chi connectivity index (χ0v) is 16.6. The van der Waals surface area contributed by atoms with Gasteiger partial charge in [0.2, 0.25) is 0 Å². The number of anilines is 1. The van der Waals surface area contributed by atoms with E-state index >= 15 is 0 Å². The molecule has 1 amide bonds. The Balaban J connectivity index is 1.62. The number of benzene rings is 1. The Bertz CT molecular complexity index is 939. The van der Waals surface area contributed by atoms with Gasteiger partial charge in [0.05, 0.1) is 24.7 Å². The lowest BCUT2D eigenvalue weighted by Crippen LogP contribution is -2.46. The number of carbonyl (C=O) groups excluding carboxylic acids is 2. The second-order valence-corrected chi connectivity index (χ2v) is 7.56. The van der Waals surface area contributed by atoms with E-state index in [0.29, 0.717) is 0 Å². The molecule has 1 unspecified atom stereocenters. The van der Waals surface area contributed by atoms with Gasteiger partial charge in [0.15, 0.2) is 5.82 Å². The van der Waals surface area contributed by atoms with Crippen LogP contribution < -0.4 is 5.32 Å². The fourth-order valence-electron chi connectivity index (χ4n) is 4.26. The quantitative estimate of drug-likeness (QED) is 0.776. The zero-order valence-electron chi connectivity index (χ0n) is 16.6. The Morgan fingerprint density at radius 2 is 1.86 bits per heavy atom. The first kappa shape index (κ1) is 19.4. The molecule has 7 nitrogen and oxygen atoms in total. The van der Waals surface area contributed by atoms with Crippen LogP contribution in [0, 0.1) is 5.82 Å². The number of rotatable bonds is 5. The molecule has 29 heavy (non-hydrogen) atoms. The van der Waals surface area contributed by atoms with E-state index in [1.54, 1.807) is 6.92 Å². The molecule has 1 atom stereocenters. The molecule has 0 bridgehead atoms. The van der Waals surface area contributed by atoms with Crippen molar-refractivity contribution in [3.63, 3.8) is 0 Å². The molecule has 1 heterocycles. The minimum atomic E-state index is -1.93. The Morgan fingerprint density at radius 3 is 2.41 bits per heavy atom. The highest BCUT2D eigenvalue weighted by Gasteiger charge is 2.43. The Morgan fingerprint density at radius 1 is 1.21 bits per heavy atom. The van der Waals surface area contributed by atoms with Crippen LogP contribution in [0.1, 0.15) is 48.9 Å². The molecule has 2 aliphatic carbocycles. The van der Waals surface area contributed by atoms with Crippen molar-refractivity contribution < 1.29 is 23.5 Å². The first-order valence-corrected chi connectivity index (χ1v) is 9.96. The number of nitrogens with zero attached hydrogens (tertiary/aromatic N) is 2. The van der Waals surface area contributed by atoms with Crippen LogP contribution in [0.25, 0.3) is 0 Å². The first-order valence-electron chi connectivity index (χ1n) is 9.96. The van der Waals surface area contributed by atoms with Crippen molar-refractivity contribution in [1.29, 1.82) is 0 Å². The fraction of sp³-hybridized carbons (Fsp3) is 0.476. The van der Waals surface area contributed by atoms with Crippen molar-refractivity contribution in [2.45, 2.75) is 58.1 Å². The lowest BCUT2D eigenvalue weighted by molar-refractivity contribution is -0.175. The highest BCUT2D eigenvalue weighted by Crippen LogP contribution is 2.38. The van der Waals surface area contributed by atoms with Gasteiger partial charge in [-0.25, -0.2) is 18.7 Å². The van der Waals surface area contributed by atoms with Crippen LogP contribution in [0.5, 0.6) is 0 Å². The summed E-state index contributed by atoms with van der Waals surface area (Å²) in [4.78, 5) is 25.4. The molecule has 8 heteroatoms. The number of nitrogens with one attached hydrogen (secondary N) is 1. The second kappa shape index (κ2) is 7.50. The molecule has 0 radical (unpaired) electrons. The van der Waals surface area contributed by atoms with Crippen LogP contribution in [0.4, 0.5) is 14.9 Å². The van der Waals surface area contributed by atoms with E-state index in [1.165, 1.54) is 18.1 Å². The third-order valence-corrected chi connectivity index (χ3v) is 5.63. The van der Waals surface area contributed by atoms with Gasteiger partial charge in [0.1, 0.15) is 0 Å². The first-order chi connectivity index (χ1) is 13.9. The number of ether oxygens (including phenoxy) is 2. The van der Waals surface area contributed by atoms with E-state index in [2.05, 4.69) is 16.5 Å². The zero-order chi connectivity index (χ0) is 20.6. The van der Waals surface area contributed by atoms with Crippen molar-refractivity contribution >= 4 is 17.7 Å². The number of esters is 1. The maximum absolute atomic E-state index is 13.5. The van der Waals surface area contributed by atoms with E-state index in [0.717, 1.165) is 72.4 Å². The maximum atomic E-state index is 13.5. The van der Waals surface area contributed by atoms with Gasteiger partial charge in [-0.3, -0.25) is 5.32 Å². The standard InChI is InChI=1S/C21H24FN3O4/c1-3-28-19(26)21(2,25-12-15(22)11-23-25)29-20(27)24-18-16-8-4-6-13(16)10-14-7-5-9-17(14)18/h10-12H,3-9H2,1-2H3,(H,24,27). The SMILES string of the molecule is CCOC(=O)C(C)(OC(=O)Nc1c2c(cc3c1CCC3)CCC2)n1cc(F)cn1. The largest absolute Gasteiger partial charge is 0.462 e. The van der Waals surface area contributed by atoms with Gasteiger partial charge in [-0.15, -0.1) is 0 Å². The summed E-state index contributed by atoms with van der Waals surface area (Å²) < 4.78 is 25.0. The molecule has 1 aromatic carbocycles. The van der Waals surface area contributed by atoms with Gasteiger partial charge in [-0.05, 0) is 67.7 Å². The predicted octanol–water partition coefficient (Wildman–Crippen LogP) is 3.48. The molecular formula is C21H24FN3O4. The van der Waals surface area contributed by atoms with Crippen molar-refractivity contribution in [2.75, 3.05) is 11.9 Å². The molecule has 0 aliphatic heterocycles. The molecular weight excluding hydrogens is 377 g/mol. The van der Waals surface area contributed by atoms with Crippen LogP contribution in [-0.2, 0) is 45.7 Å². The second-order valence-electron chi connectivity index (χ2n) is 7.56. The van der Waals surface area contributed by atoms with E-state index in [-0.39, 0.29) is 6.61 Å². The summed E-state index contributed by atoms with van der Waals surface area (Å²) in [6.45, 7) is 3.05. The monoisotopic (exact) mass is 401 g/mol. The molecule has 0 fully saturated rings. The number of amides is 1. The Labute approximate surface area is 168 Å². The molecule has 2 aromatic rings. The van der Waals surface area contributed by atoms with Gasteiger partial charge in [0, 0.05) is 6.92 Å². The molecule has 0 spiro atoms. The van der Waals surface area contributed by atoms with Gasteiger partial charge < -0.3 is 9.47 Å². The number of aryl methyl sites for hydroxylation is 2. The van der Waals surface area contributed by atoms with Crippen molar-refractivity contribution in [3.8, 4) is 0 Å². The minimum Gasteiger partial charge on any atom is -0.462 e. The number of halogens is 1. The molecule has 2 aliphatic rings. The predicted molar refractivity (Wildman–Crippen MR) is 103 cm³/mol. The third-order valence-electron chi connectivity index (χ3n) is 5.63. The average molecular weight is 401 g/mol. The number of carbonyl (C=O) groups is 2. The number of fused-ring (bicyclic) bond motifs is 2. The van der Waals surface area contributed by atoms with E-state index < -0.39 is 23.6 Å². The summed E-state index contributed by atoms with van der Waals surface area (Å²) in [5.74, 6) is -1.48. The van der Waals surface area contributed by atoms with Gasteiger partial charge in [0.25, 0.3) is 0 Å². The van der Waals surface area contributed by atoms with Crippen LogP contribution in [-0.4, -0.2) is 28.4 Å². The van der Waals surface area contributed by atoms with E-state index in [9.17, 15) is 14.0 Å². The van der Waals surface area contributed by atoms with E-state index in [4.69, 9.17) is 9.47 Å². The molecule has 1 aromatic heterocycles. The summed E-state index contributed by atoms with van der Waals surface area (Å²) in [5, 5.41) is 6.67. The highest BCUT2D eigenvalue weighted by atomic mass is 19.1. The van der Waals surface area contributed by atoms with Crippen LogP contribution in [0.15, 0.2) is 18.5 Å².